The molecule has 0 spiro atoms. The van der Waals surface area contributed by atoms with Crippen molar-refractivity contribution in [3.05, 3.63) is 60.8 Å². The topological polar surface area (TPSA) is 175 Å². The number of allylic oxidation sites excluding steroid dienone is 10. The fraction of sp³-hybridized carbons (Fsp3) is 0.763. The van der Waals surface area contributed by atoms with E-state index in [4.69, 9.17) is 23.7 Å². The first-order valence-corrected chi connectivity index (χ1v) is 28.3. The lowest BCUT2D eigenvalue weighted by Crippen LogP contribution is -2.61. The average molecular weight is 1000 g/mol. The second-order valence-electron chi connectivity index (χ2n) is 19.2. The molecule has 0 aromatic heterocycles. The maximum atomic E-state index is 13.1. The van der Waals surface area contributed by atoms with Crippen LogP contribution in [-0.4, -0.2) is 89.2 Å². The monoisotopic (exact) mass is 1000 g/mol. The average Bonchev–Trinajstić information content (AvgIpc) is 3.35. The molecule has 1 rings (SSSR count). The van der Waals surface area contributed by atoms with Crippen LogP contribution in [0.25, 0.3) is 0 Å². The summed E-state index contributed by atoms with van der Waals surface area (Å²) >= 11 is 0. The summed E-state index contributed by atoms with van der Waals surface area (Å²) in [5.74, 6) is -3.15. The molecule has 1 fully saturated rings. The Hall–Kier alpha value is -3.58. The van der Waals surface area contributed by atoms with Gasteiger partial charge in [0.1, 0.15) is 18.8 Å². The van der Waals surface area contributed by atoms with Gasteiger partial charge in [-0.2, -0.15) is 0 Å². The fourth-order valence-corrected chi connectivity index (χ4v) is 8.24. The van der Waals surface area contributed by atoms with Gasteiger partial charge in [-0.1, -0.05) is 197 Å². The van der Waals surface area contributed by atoms with E-state index in [1.54, 1.807) is 0 Å². The number of aliphatic carboxylic acids is 1. The Morgan fingerprint density at radius 1 is 0.479 bits per heavy atom. The molecule has 0 saturated carbocycles. The second kappa shape index (κ2) is 47.4. The minimum Gasteiger partial charge on any atom is -0.479 e. The number of ether oxygens (including phenoxy) is 5. The molecule has 1 aliphatic rings. The number of aliphatic hydroxyl groups excluding tert-OH is 2. The Kier molecular flexibility index (Phi) is 43.7. The summed E-state index contributed by atoms with van der Waals surface area (Å²) in [6, 6.07) is 0. The van der Waals surface area contributed by atoms with Crippen LogP contribution in [0.1, 0.15) is 239 Å². The zero-order valence-corrected chi connectivity index (χ0v) is 44.7. The van der Waals surface area contributed by atoms with Gasteiger partial charge in [0.05, 0.1) is 6.61 Å². The highest BCUT2D eigenvalue weighted by Gasteiger charge is 2.50. The Balaban J connectivity index is 2.70. The number of esters is 3. The highest BCUT2D eigenvalue weighted by atomic mass is 16.7. The molecule has 1 aliphatic heterocycles. The summed E-state index contributed by atoms with van der Waals surface area (Å²) in [4.78, 5) is 50.9. The Morgan fingerprint density at radius 2 is 0.887 bits per heavy atom. The van der Waals surface area contributed by atoms with Gasteiger partial charge < -0.3 is 39.0 Å². The third-order valence-corrected chi connectivity index (χ3v) is 12.6. The number of rotatable bonds is 47. The smallest absolute Gasteiger partial charge is 0.335 e. The largest absolute Gasteiger partial charge is 0.479 e. The van der Waals surface area contributed by atoms with E-state index >= 15 is 0 Å². The number of unbranched alkanes of at least 4 members (excludes halogenated alkanes) is 23. The molecular formula is C59H100O12. The van der Waals surface area contributed by atoms with Crippen LogP contribution in [-0.2, 0) is 42.9 Å². The molecule has 3 N–H and O–H groups in total. The van der Waals surface area contributed by atoms with Crippen LogP contribution in [0.3, 0.4) is 0 Å². The molecule has 0 aromatic carbocycles. The zero-order valence-electron chi connectivity index (χ0n) is 44.7. The Morgan fingerprint density at radius 3 is 1.38 bits per heavy atom. The summed E-state index contributed by atoms with van der Waals surface area (Å²) < 4.78 is 28.3. The van der Waals surface area contributed by atoms with E-state index in [2.05, 4.69) is 81.5 Å². The van der Waals surface area contributed by atoms with E-state index in [9.17, 15) is 34.5 Å². The molecule has 12 nitrogen and oxygen atoms in total. The van der Waals surface area contributed by atoms with E-state index < -0.39 is 67.3 Å². The van der Waals surface area contributed by atoms with Crippen molar-refractivity contribution >= 4 is 23.9 Å². The quantitative estimate of drug-likeness (QED) is 0.0228. The second-order valence-corrected chi connectivity index (χ2v) is 19.2. The van der Waals surface area contributed by atoms with Gasteiger partial charge in [0.2, 0.25) is 0 Å². The molecule has 408 valence electrons. The first kappa shape index (κ1) is 65.4. The number of carbonyl (C=O) groups is 4. The molecule has 1 heterocycles. The Bertz CT molecular complexity index is 1470. The normalized spacial score (nSPS) is 18.9. The van der Waals surface area contributed by atoms with E-state index in [-0.39, 0.29) is 25.9 Å². The van der Waals surface area contributed by atoms with Crippen LogP contribution < -0.4 is 0 Å². The van der Waals surface area contributed by atoms with Gasteiger partial charge >= 0.3 is 23.9 Å². The first-order chi connectivity index (χ1) is 34.6. The number of carboxylic acids is 1. The molecule has 0 radical (unpaired) electrons. The van der Waals surface area contributed by atoms with Gasteiger partial charge in [-0.15, -0.1) is 0 Å². The van der Waals surface area contributed by atoms with Crippen molar-refractivity contribution < 1.29 is 58.2 Å². The van der Waals surface area contributed by atoms with E-state index in [0.29, 0.717) is 19.3 Å². The van der Waals surface area contributed by atoms with Gasteiger partial charge in [0, 0.05) is 19.3 Å². The summed E-state index contributed by atoms with van der Waals surface area (Å²) in [7, 11) is 0. The van der Waals surface area contributed by atoms with Crippen molar-refractivity contribution in [3.63, 3.8) is 0 Å². The molecule has 6 unspecified atom stereocenters. The van der Waals surface area contributed by atoms with Crippen molar-refractivity contribution in [1.29, 1.82) is 0 Å². The van der Waals surface area contributed by atoms with Crippen LogP contribution in [0.15, 0.2) is 60.8 Å². The van der Waals surface area contributed by atoms with Crippen molar-refractivity contribution in [3.8, 4) is 0 Å². The van der Waals surface area contributed by atoms with Gasteiger partial charge in [-0.3, -0.25) is 14.4 Å². The summed E-state index contributed by atoms with van der Waals surface area (Å²) in [6.07, 6.45) is 44.9. The maximum absolute atomic E-state index is 13.1. The maximum Gasteiger partial charge on any atom is 0.335 e. The number of carbonyl (C=O) groups excluding carboxylic acids is 3. The van der Waals surface area contributed by atoms with Gasteiger partial charge in [0.25, 0.3) is 0 Å². The first-order valence-electron chi connectivity index (χ1n) is 28.3. The van der Waals surface area contributed by atoms with Crippen molar-refractivity contribution in [2.45, 2.75) is 276 Å². The summed E-state index contributed by atoms with van der Waals surface area (Å²) in [5.41, 5.74) is 0. The van der Waals surface area contributed by atoms with Crippen molar-refractivity contribution in [1.82, 2.24) is 0 Å². The van der Waals surface area contributed by atoms with E-state index in [1.165, 1.54) is 64.2 Å². The molecule has 12 heteroatoms. The Labute approximate surface area is 430 Å². The summed E-state index contributed by atoms with van der Waals surface area (Å²) in [5, 5.41) is 31.3. The molecule has 0 aliphatic carbocycles. The highest BCUT2D eigenvalue weighted by molar-refractivity contribution is 5.74. The van der Waals surface area contributed by atoms with Gasteiger partial charge in [-0.05, 0) is 83.5 Å². The standard InChI is InChI=1S/C59H100O12/c1-4-7-10-13-16-19-21-23-25-26-28-29-31-34-36-39-42-45-51(60)67-48-50(69-52(61)46-43-40-38-35-32-30-27-24-22-20-17-14-11-8-5-2)49-68-59-57(55(64)54(63)56(71-59)58(65)66)70-53(62)47-44-41-37-33-18-15-12-9-6-3/h8,11,16-17,19-20,23-25,27,50,54-57,59,63-64H,4-7,9-10,12-15,18,21-22,26,28-49H2,1-3H3,(H,65,66)/b11-8-,19-16-,20-17-,25-23-,27-24-. The minimum atomic E-state index is -1.90. The molecule has 6 atom stereocenters. The molecule has 71 heavy (non-hydrogen) atoms. The molecule has 1 saturated heterocycles. The third kappa shape index (κ3) is 37.8. The third-order valence-electron chi connectivity index (χ3n) is 12.6. The molecular weight excluding hydrogens is 901 g/mol. The summed E-state index contributed by atoms with van der Waals surface area (Å²) in [6.45, 7) is 5.80. The van der Waals surface area contributed by atoms with Crippen LogP contribution in [0.2, 0.25) is 0 Å². The minimum absolute atomic E-state index is 0.0580. The lowest BCUT2D eigenvalue weighted by molar-refractivity contribution is -0.301. The van der Waals surface area contributed by atoms with Crippen LogP contribution >= 0.6 is 0 Å². The van der Waals surface area contributed by atoms with E-state index in [1.807, 2.05) is 0 Å². The zero-order chi connectivity index (χ0) is 51.8. The molecule has 0 amide bonds. The lowest BCUT2D eigenvalue weighted by Gasteiger charge is -2.40. The number of aliphatic hydroxyl groups is 2. The highest BCUT2D eigenvalue weighted by Crippen LogP contribution is 2.26. The van der Waals surface area contributed by atoms with Crippen LogP contribution in [0, 0.1) is 0 Å². The predicted molar refractivity (Wildman–Crippen MR) is 285 cm³/mol. The number of hydrogen-bond acceptors (Lipinski definition) is 11. The number of carboxylic acid groups (broad SMARTS) is 1. The van der Waals surface area contributed by atoms with Gasteiger partial charge in [0.15, 0.2) is 24.6 Å². The lowest BCUT2D eigenvalue weighted by atomic mass is 9.98. The molecule has 0 bridgehead atoms. The van der Waals surface area contributed by atoms with Crippen molar-refractivity contribution in [2.75, 3.05) is 13.2 Å². The SMILES string of the molecule is CC/C=C\C/C=C\C/C=C\CCCCCCCC(=O)OC(COC(=O)CCCCCCCCC/C=C\C/C=C\CCCCC)COC1OC(C(=O)O)C(O)C(O)C1OC(=O)CCCCCCCCCCC. The van der Waals surface area contributed by atoms with Gasteiger partial charge in [-0.25, -0.2) is 4.79 Å². The van der Waals surface area contributed by atoms with Crippen molar-refractivity contribution in [2.24, 2.45) is 0 Å². The van der Waals surface area contributed by atoms with Crippen LogP contribution in [0.5, 0.6) is 0 Å². The van der Waals surface area contributed by atoms with E-state index in [0.717, 1.165) is 116 Å². The fourth-order valence-electron chi connectivity index (χ4n) is 8.24. The number of hydrogen-bond donors (Lipinski definition) is 3. The molecule has 0 aromatic rings. The van der Waals surface area contributed by atoms with Crippen LogP contribution in [0.4, 0.5) is 0 Å². The predicted octanol–water partition coefficient (Wildman–Crippen LogP) is 14.0.